The average molecular weight is 173 g/mol. The molecule has 0 aliphatic rings. The van der Waals surface area contributed by atoms with Gasteiger partial charge in [0.1, 0.15) is 0 Å². The summed E-state index contributed by atoms with van der Waals surface area (Å²) in [5, 5.41) is 3.73. The van der Waals surface area contributed by atoms with Crippen LogP contribution in [0.4, 0.5) is 5.95 Å². The Morgan fingerprint density at radius 1 is 1.64 bits per heavy atom. The van der Waals surface area contributed by atoms with Crippen LogP contribution in [0.1, 0.15) is 13.8 Å². The highest BCUT2D eigenvalue weighted by atomic mass is 32.1. The molecule has 0 bridgehead atoms. The first kappa shape index (κ1) is 8.26. The van der Waals surface area contributed by atoms with Crippen LogP contribution in [0.5, 0.6) is 0 Å². The third-order valence-electron chi connectivity index (χ3n) is 1.54. The molecule has 0 unspecified atom stereocenters. The summed E-state index contributed by atoms with van der Waals surface area (Å²) in [5.74, 6) is 0.671. The van der Waals surface area contributed by atoms with Gasteiger partial charge in [0.15, 0.2) is 0 Å². The maximum Gasteiger partial charge on any atom is 0.296 e. The number of aromatic amines is 1. The quantitative estimate of drug-likeness (QED) is 0.690. The first-order valence-electron chi connectivity index (χ1n) is 3.40. The number of hydrogen-bond acceptors (Lipinski definition) is 4. The third-order valence-corrected chi connectivity index (χ3v) is 1.71. The van der Waals surface area contributed by atoms with Crippen molar-refractivity contribution in [3.05, 3.63) is 4.84 Å². The lowest BCUT2D eigenvalue weighted by Gasteiger charge is -2.18. The normalized spacial score (nSPS) is 10.5. The highest BCUT2D eigenvalue weighted by Crippen LogP contribution is 2.07. The van der Waals surface area contributed by atoms with Gasteiger partial charge in [0.2, 0.25) is 5.95 Å². The minimum absolute atomic E-state index is 0.313. The molecule has 0 saturated carbocycles. The van der Waals surface area contributed by atoms with Crippen LogP contribution >= 0.6 is 12.2 Å². The summed E-state index contributed by atoms with van der Waals surface area (Å²) < 4.78 is 4.70. The molecule has 0 aliphatic heterocycles. The summed E-state index contributed by atoms with van der Waals surface area (Å²) in [6.45, 7) is 4.12. The van der Waals surface area contributed by atoms with Gasteiger partial charge >= 0.3 is 0 Å². The van der Waals surface area contributed by atoms with Gasteiger partial charge in [0.05, 0.1) is 0 Å². The zero-order chi connectivity index (χ0) is 8.43. The van der Waals surface area contributed by atoms with Crippen LogP contribution in [0.2, 0.25) is 0 Å². The number of nitrogens with one attached hydrogen (secondary N) is 1. The van der Waals surface area contributed by atoms with E-state index in [9.17, 15) is 0 Å². The van der Waals surface area contributed by atoms with Crippen molar-refractivity contribution in [2.24, 2.45) is 0 Å². The van der Waals surface area contributed by atoms with Gasteiger partial charge in [-0.15, -0.1) is 0 Å². The first-order valence-corrected chi connectivity index (χ1v) is 3.81. The topological polar surface area (TPSA) is 45.1 Å². The van der Waals surface area contributed by atoms with Gasteiger partial charge in [0.25, 0.3) is 4.84 Å². The maximum atomic E-state index is 4.73. The number of rotatable bonds is 2. The van der Waals surface area contributed by atoms with Crippen LogP contribution in [-0.4, -0.2) is 23.2 Å². The van der Waals surface area contributed by atoms with Crippen molar-refractivity contribution in [1.82, 2.24) is 10.1 Å². The van der Waals surface area contributed by atoms with Gasteiger partial charge in [-0.25, -0.2) is 0 Å². The van der Waals surface area contributed by atoms with E-state index in [0.29, 0.717) is 16.8 Å². The van der Waals surface area contributed by atoms with Crippen LogP contribution in [0.15, 0.2) is 4.52 Å². The second-order valence-electron chi connectivity index (χ2n) is 2.62. The Morgan fingerprint density at radius 2 is 2.27 bits per heavy atom. The SMILES string of the molecule is CC(C)N(C)c1noc(=S)[nH]1. The average Bonchev–Trinajstić information content (AvgIpc) is 2.34. The number of aromatic nitrogens is 2. The molecule has 5 heteroatoms. The molecular weight excluding hydrogens is 162 g/mol. The van der Waals surface area contributed by atoms with Crippen molar-refractivity contribution in [1.29, 1.82) is 0 Å². The molecule has 0 aliphatic carbocycles. The molecule has 0 atom stereocenters. The highest BCUT2D eigenvalue weighted by Gasteiger charge is 2.07. The molecule has 1 rings (SSSR count). The Morgan fingerprint density at radius 3 is 2.64 bits per heavy atom. The zero-order valence-electron chi connectivity index (χ0n) is 6.79. The standard InChI is InChI=1S/C6H11N3OS/c1-4(2)9(3)5-7-6(11)10-8-5/h4H,1-3H3,(H,7,8,11). The number of H-pyrrole nitrogens is 1. The number of anilines is 1. The minimum Gasteiger partial charge on any atom is -0.340 e. The molecule has 1 aromatic rings. The second kappa shape index (κ2) is 3.04. The summed E-state index contributed by atoms with van der Waals surface area (Å²) in [6.07, 6.45) is 0. The van der Waals surface area contributed by atoms with E-state index in [1.807, 2.05) is 11.9 Å². The lowest BCUT2D eigenvalue weighted by atomic mass is 10.4. The van der Waals surface area contributed by atoms with Crippen LogP contribution < -0.4 is 4.90 Å². The first-order chi connectivity index (χ1) is 5.11. The van der Waals surface area contributed by atoms with E-state index in [1.54, 1.807) is 0 Å². The van der Waals surface area contributed by atoms with Crippen molar-refractivity contribution < 1.29 is 4.52 Å². The van der Waals surface area contributed by atoms with Crippen molar-refractivity contribution in [3.63, 3.8) is 0 Å². The predicted molar refractivity (Wildman–Crippen MR) is 45.2 cm³/mol. The Labute approximate surface area is 70.2 Å². The molecule has 11 heavy (non-hydrogen) atoms. The predicted octanol–water partition coefficient (Wildman–Crippen LogP) is 1.58. The van der Waals surface area contributed by atoms with Crippen LogP contribution in [-0.2, 0) is 0 Å². The summed E-state index contributed by atoms with van der Waals surface area (Å²) in [4.78, 5) is 5.08. The molecule has 62 valence electrons. The molecular formula is C6H11N3OS. The van der Waals surface area contributed by atoms with Crippen molar-refractivity contribution in [2.45, 2.75) is 19.9 Å². The monoisotopic (exact) mass is 173 g/mol. The van der Waals surface area contributed by atoms with E-state index >= 15 is 0 Å². The van der Waals surface area contributed by atoms with Gasteiger partial charge in [-0.3, -0.25) is 4.98 Å². The molecule has 4 nitrogen and oxygen atoms in total. The summed E-state index contributed by atoms with van der Waals surface area (Å²) in [6, 6.07) is 0.380. The van der Waals surface area contributed by atoms with Crippen LogP contribution in [0, 0.1) is 4.84 Å². The molecule has 0 fully saturated rings. The van der Waals surface area contributed by atoms with E-state index in [2.05, 4.69) is 24.0 Å². The fourth-order valence-corrected chi connectivity index (χ4v) is 0.747. The molecule has 0 amide bonds. The molecule has 1 aromatic heterocycles. The Bertz CT molecular complexity index is 277. The Hall–Kier alpha value is -0.840. The maximum absolute atomic E-state index is 4.73. The van der Waals surface area contributed by atoms with Crippen molar-refractivity contribution in [3.8, 4) is 0 Å². The van der Waals surface area contributed by atoms with E-state index in [1.165, 1.54) is 0 Å². The fourth-order valence-electron chi connectivity index (χ4n) is 0.619. The van der Waals surface area contributed by atoms with E-state index in [4.69, 9.17) is 16.7 Å². The number of hydrogen-bond donors (Lipinski definition) is 1. The number of nitrogens with zero attached hydrogens (tertiary/aromatic N) is 2. The van der Waals surface area contributed by atoms with Crippen molar-refractivity contribution in [2.75, 3.05) is 11.9 Å². The highest BCUT2D eigenvalue weighted by molar-refractivity contribution is 7.71. The van der Waals surface area contributed by atoms with Gasteiger partial charge in [-0.2, -0.15) is 0 Å². The molecule has 0 aromatic carbocycles. The van der Waals surface area contributed by atoms with Gasteiger partial charge < -0.3 is 9.42 Å². The van der Waals surface area contributed by atoms with Gasteiger partial charge in [0, 0.05) is 13.1 Å². The van der Waals surface area contributed by atoms with Crippen LogP contribution in [0.25, 0.3) is 0 Å². The molecule has 0 spiro atoms. The van der Waals surface area contributed by atoms with E-state index < -0.39 is 0 Å². The summed E-state index contributed by atoms with van der Waals surface area (Å²) in [7, 11) is 1.92. The summed E-state index contributed by atoms with van der Waals surface area (Å²) >= 11 is 4.73. The summed E-state index contributed by atoms with van der Waals surface area (Å²) in [5.41, 5.74) is 0. The largest absolute Gasteiger partial charge is 0.340 e. The smallest absolute Gasteiger partial charge is 0.296 e. The van der Waals surface area contributed by atoms with Gasteiger partial charge in [-0.05, 0) is 31.2 Å². The van der Waals surface area contributed by atoms with E-state index in [-0.39, 0.29) is 0 Å². The Balaban J connectivity index is 2.84. The van der Waals surface area contributed by atoms with E-state index in [0.717, 1.165) is 0 Å². The molecule has 0 radical (unpaired) electrons. The van der Waals surface area contributed by atoms with Crippen molar-refractivity contribution >= 4 is 18.2 Å². The third kappa shape index (κ3) is 1.80. The zero-order valence-corrected chi connectivity index (χ0v) is 7.60. The fraction of sp³-hybridized carbons (Fsp3) is 0.667. The van der Waals surface area contributed by atoms with Crippen LogP contribution in [0.3, 0.4) is 0 Å². The lowest BCUT2D eigenvalue weighted by Crippen LogP contribution is -2.26. The molecule has 1 N–H and O–H groups in total. The lowest BCUT2D eigenvalue weighted by molar-refractivity contribution is 0.403. The molecule has 0 saturated heterocycles. The Kier molecular flexibility index (Phi) is 2.28. The molecule has 1 heterocycles. The minimum atomic E-state index is 0.313. The second-order valence-corrected chi connectivity index (χ2v) is 2.99. The van der Waals surface area contributed by atoms with Gasteiger partial charge in [-0.1, -0.05) is 0 Å².